The molecule has 0 aliphatic heterocycles. The van der Waals surface area contributed by atoms with Crippen molar-refractivity contribution in [3.63, 3.8) is 0 Å². The van der Waals surface area contributed by atoms with E-state index in [0.717, 1.165) is 23.2 Å². The first kappa shape index (κ1) is 17.2. The van der Waals surface area contributed by atoms with Crippen molar-refractivity contribution in [1.82, 2.24) is 5.32 Å². The Bertz CT molecular complexity index is 884. The summed E-state index contributed by atoms with van der Waals surface area (Å²) in [6, 6.07) is 15.9. The Hall–Kier alpha value is -2.66. The van der Waals surface area contributed by atoms with Crippen LogP contribution in [0.25, 0.3) is 10.1 Å². The van der Waals surface area contributed by atoms with Crippen LogP contribution in [0, 0.1) is 0 Å². The molecule has 0 saturated heterocycles. The van der Waals surface area contributed by atoms with Crippen LogP contribution in [-0.4, -0.2) is 18.4 Å². The fourth-order valence-electron chi connectivity index (χ4n) is 2.68. The first-order valence-corrected chi connectivity index (χ1v) is 9.07. The van der Waals surface area contributed by atoms with Crippen molar-refractivity contribution in [1.29, 1.82) is 0 Å². The highest BCUT2D eigenvalue weighted by Gasteiger charge is 2.05. The van der Waals surface area contributed by atoms with Gasteiger partial charge in [-0.05, 0) is 58.6 Å². The largest absolute Gasteiger partial charge is 0.355 e. The first-order chi connectivity index (χ1) is 12.1. The summed E-state index contributed by atoms with van der Waals surface area (Å²) >= 11 is 1.71. The summed E-state index contributed by atoms with van der Waals surface area (Å²) in [6.07, 6.45) is 1.16. The van der Waals surface area contributed by atoms with Gasteiger partial charge in [-0.3, -0.25) is 9.59 Å². The fraction of sp³-hybridized carbons (Fsp3) is 0.200. The van der Waals surface area contributed by atoms with Crippen LogP contribution >= 0.6 is 11.3 Å². The second kappa shape index (κ2) is 7.94. The molecular formula is C20H20N2O2S. The van der Waals surface area contributed by atoms with Crippen LogP contribution in [-0.2, 0) is 22.4 Å². The van der Waals surface area contributed by atoms with Gasteiger partial charge in [0.05, 0.1) is 6.42 Å². The topological polar surface area (TPSA) is 58.2 Å². The molecule has 0 spiro atoms. The van der Waals surface area contributed by atoms with E-state index in [0.29, 0.717) is 13.0 Å². The third-order valence-corrected chi connectivity index (χ3v) is 4.79. The average Bonchev–Trinajstić information content (AvgIpc) is 3.03. The monoisotopic (exact) mass is 352 g/mol. The predicted molar refractivity (Wildman–Crippen MR) is 103 cm³/mol. The standard InChI is InChI=1S/C20H20N2O2S/c1-14(23)22-18-5-2-15(3-6-18)8-10-21-20(24)13-16-4-7-19-17(12-16)9-11-25-19/h2-7,9,11-12H,8,10,13H2,1H3,(H,21,24)(H,22,23). The lowest BCUT2D eigenvalue weighted by Crippen LogP contribution is -2.27. The highest BCUT2D eigenvalue weighted by molar-refractivity contribution is 7.17. The molecule has 4 nitrogen and oxygen atoms in total. The number of carbonyl (C=O) groups is 2. The van der Waals surface area contributed by atoms with Crippen LogP contribution in [0.5, 0.6) is 0 Å². The van der Waals surface area contributed by atoms with Crippen molar-refractivity contribution in [2.75, 3.05) is 11.9 Å². The van der Waals surface area contributed by atoms with Gasteiger partial charge >= 0.3 is 0 Å². The molecule has 5 heteroatoms. The zero-order valence-corrected chi connectivity index (χ0v) is 14.9. The molecule has 0 aliphatic rings. The van der Waals surface area contributed by atoms with Crippen LogP contribution in [0.4, 0.5) is 5.69 Å². The predicted octanol–water partition coefficient (Wildman–Crippen LogP) is 3.76. The Kier molecular flexibility index (Phi) is 5.46. The second-order valence-electron chi connectivity index (χ2n) is 5.95. The van der Waals surface area contributed by atoms with E-state index < -0.39 is 0 Å². The van der Waals surface area contributed by atoms with Crippen molar-refractivity contribution < 1.29 is 9.59 Å². The van der Waals surface area contributed by atoms with Gasteiger partial charge in [0.2, 0.25) is 11.8 Å². The Labute approximate surface area is 150 Å². The van der Waals surface area contributed by atoms with E-state index in [-0.39, 0.29) is 11.8 Å². The van der Waals surface area contributed by atoms with E-state index in [1.165, 1.54) is 17.0 Å². The number of carbonyl (C=O) groups excluding carboxylic acids is 2. The molecule has 3 rings (SSSR count). The molecule has 2 N–H and O–H groups in total. The molecule has 0 atom stereocenters. The molecule has 0 radical (unpaired) electrons. The first-order valence-electron chi connectivity index (χ1n) is 8.19. The van der Waals surface area contributed by atoms with E-state index in [1.807, 2.05) is 30.3 Å². The highest BCUT2D eigenvalue weighted by atomic mass is 32.1. The maximum Gasteiger partial charge on any atom is 0.224 e. The quantitative estimate of drug-likeness (QED) is 0.710. The normalized spacial score (nSPS) is 10.6. The third-order valence-electron chi connectivity index (χ3n) is 3.89. The lowest BCUT2D eigenvalue weighted by Gasteiger charge is -2.07. The molecule has 1 aromatic heterocycles. The number of thiophene rings is 1. The van der Waals surface area contributed by atoms with Crippen LogP contribution in [0.1, 0.15) is 18.1 Å². The molecule has 2 amide bonds. The summed E-state index contributed by atoms with van der Waals surface area (Å²) < 4.78 is 1.24. The molecule has 0 aliphatic carbocycles. The zero-order valence-electron chi connectivity index (χ0n) is 14.0. The molecule has 0 unspecified atom stereocenters. The molecular weight excluding hydrogens is 332 g/mol. The molecule has 1 heterocycles. The van der Waals surface area contributed by atoms with Crippen LogP contribution in [0.3, 0.4) is 0 Å². The van der Waals surface area contributed by atoms with Crippen molar-refractivity contribution in [3.8, 4) is 0 Å². The van der Waals surface area contributed by atoms with Gasteiger partial charge in [0, 0.05) is 23.9 Å². The average molecular weight is 352 g/mol. The molecule has 0 fully saturated rings. The Morgan fingerprint density at radius 1 is 1.00 bits per heavy atom. The lowest BCUT2D eigenvalue weighted by molar-refractivity contribution is -0.120. The number of hydrogen-bond donors (Lipinski definition) is 2. The Morgan fingerprint density at radius 2 is 1.76 bits per heavy atom. The van der Waals surface area contributed by atoms with Gasteiger partial charge in [0.1, 0.15) is 0 Å². The number of amides is 2. The van der Waals surface area contributed by atoms with Crippen LogP contribution < -0.4 is 10.6 Å². The van der Waals surface area contributed by atoms with Gasteiger partial charge in [0.15, 0.2) is 0 Å². The summed E-state index contributed by atoms with van der Waals surface area (Å²) in [6.45, 7) is 2.08. The van der Waals surface area contributed by atoms with E-state index in [4.69, 9.17) is 0 Å². The maximum atomic E-state index is 12.1. The van der Waals surface area contributed by atoms with Crippen LogP contribution in [0.2, 0.25) is 0 Å². The van der Waals surface area contributed by atoms with Gasteiger partial charge < -0.3 is 10.6 Å². The summed E-state index contributed by atoms with van der Waals surface area (Å²) in [4.78, 5) is 23.1. The van der Waals surface area contributed by atoms with Gasteiger partial charge in [-0.1, -0.05) is 18.2 Å². The number of benzene rings is 2. The summed E-state index contributed by atoms with van der Waals surface area (Å²) in [5.74, 6) is -0.0508. The SMILES string of the molecule is CC(=O)Nc1ccc(CCNC(=O)Cc2ccc3sccc3c2)cc1. The summed E-state index contributed by atoms with van der Waals surface area (Å²) in [5, 5.41) is 8.95. The molecule has 3 aromatic rings. The smallest absolute Gasteiger partial charge is 0.224 e. The van der Waals surface area contributed by atoms with Gasteiger partial charge in [-0.2, -0.15) is 0 Å². The number of anilines is 1. The number of hydrogen-bond acceptors (Lipinski definition) is 3. The van der Waals surface area contributed by atoms with E-state index in [9.17, 15) is 9.59 Å². The zero-order chi connectivity index (χ0) is 17.6. The number of rotatable bonds is 6. The minimum absolute atomic E-state index is 0.0319. The lowest BCUT2D eigenvalue weighted by atomic mass is 10.1. The third kappa shape index (κ3) is 4.90. The van der Waals surface area contributed by atoms with E-state index in [1.54, 1.807) is 11.3 Å². The van der Waals surface area contributed by atoms with Crippen molar-refractivity contribution in [3.05, 3.63) is 65.0 Å². The molecule has 128 valence electrons. The van der Waals surface area contributed by atoms with E-state index >= 15 is 0 Å². The van der Waals surface area contributed by atoms with Gasteiger partial charge in [-0.15, -0.1) is 11.3 Å². The van der Waals surface area contributed by atoms with Crippen molar-refractivity contribution in [2.45, 2.75) is 19.8 Å². The minimum Gasteiger partial charge on any atom is -0.355 e. The van der Waals surface area contributed by atoms with Crippen molar-refractivity contribution >= 4 is 38.9 Å². The van der Waals surface area contributed by atoms with Gasteiger partial charge in [0.25, 0.3) is 0 Å². The second-order valence-corrected chi connectivity index (χ2v) is 6.90. The highest BCUT2D eigenvalue weighted by Crippen LogP contribution is 2.21. The molecule has 25 heavy (non-hydrogen) atoms. The number of fused-ring (bicyclic) bond motifs is 1. The summed E-state index contributed by atoms with van der Waals surface area (Å²) in [5.41, 5.74) is 2.93. The maximum absolute atomic E-state index is 12.1. The van der Waals surface area contributed by atoms with E-state index in [2.05, 4.69) is 34.2 Å². The molecule has 2 aromatic carbocycles. The Morgan fingerprint density at radius 3 is 2.52 bits per heavy atom. The number of nitrogens with one attached hydrogen (secondary N) is 2. The Balaban J connectivity index is 1.46. The molecule has 0 bridgehead atoms. The fourth-order valence-corrected chi connectivity index (χ4v) is 3.45. The van der Waals surface area contributed by atoms with Crippen LogP contribution in [0.15, 0.2) is 53.9 Å². The molecule has 0 saturated carbocycles. The minimum atomic E-state index is -0.0827. The van der Waals surface area contributed by atoms with Gasteiger partial charge in [-0.25, -0.2) is 0 Å². The van der Waals surface area contributed by atoms with Crippen molar-refractivity contribution in [2.24, 2.45) is 0 Å². The summed E-state index contributed by atoms with van der Waals surface area (Å²) in [7, 11) is 0.